The van der Waals surface area contributed by atoms with Gasteiger partial charge in [-0.25, -0.2) is 4.98 Å². The van der Waals surface area contributed by atoms with Crippen LogP contribution < -0.4 is 10.1 Å². The second kappa shape index (κ2) is 6.90. The van der Waals surface area contributed by atoms with E-state index < -0.39 is 5.92 Å². The molecule has 136 valence electrons. The summed E-state index contributed by atoms with van der Waals surface area (Å²) in [5.41, 5.74) is 3.41. The number of rotatable bonds is 3. The van der Waals surface area contributed by atoms with Crippen LogP contribution in [0.15, 0.2) is 78.4 Å². The van der Waals surface area contributed by atoms with Crippen molar-refractivity contribution in [1.82, 2.24) is 9.97 Å². The van der Waals surface area contributed by atoms with E-state index in [1.54, 1.807) is 12.4 Å². The van der Waals surface area contributed by atoms with Crippen molar-refractivity contribution in [3.05, 3.63) is 89.6 Å². The van der Waals surface area contributed by atoms with Gasteiger partial charge in [0.15, 0.2) is 5.13 Å². The summed E-state index contributed by atoms with van der Waals surface area (Å²) in [4.78, 5) is 21.9. The van der Waals surface area contributed by atoms with Gasteiger partial charge in [-0.1, -0.05) is 36.4 Å². The third kappa shape index (κ3) is 2.93. The molecule has 0 spiro atoms. The maximum absolute atomic E-state index is 13.2. The van der Waals surface area contributed by atoms with E-state index in [9.17, 15) is 4.79 Å². The lowest BCUT2D eigenvalue weighted by atomic mass is 9.87. The Labute approximate surface area is 165 Å². The van der Waals surface area contributed by atoms with E-state index in [0.717, 1.165) is 22.4 Å². The summed E-state index contributed by atoms with van der Waals surface area (Å²) >= 11 is 1.40. The number of hydrogen-bond acceptors (Lipinski definition) is 5. The molecule has 1 aliphatic heterocycles. The van der Waals surface area contributed by atoms with Crippen LogP contribution in [0.2, 0.25) is 0 Å². The summed E-state index contributed by atoms with van der Waals surface area (Å²) in [6, 6.07) is 19.1. The molecular formula is C22H15N3O2S. The van der Waals surface area contributed by atoms with Gasteiger partial charge in [0.2, 0.25) is 5.91 Å². The lowest BCUT2D eigenvalue weighted by Crippen LogP contribution is -2.25. The van der Waals surface area contributed by atoms with Crippen LogP contribution in [-0.4, -0.2) is 15.9 Å². The molecule has 0 fully saturated rings. The van der Waals surface area contributed by atoms with E-state index >= 15 is 0 Å². The molecule has 0 unspecified atom stereocenters. The number of pyridine rings is 1. The Hall–Kier alpha value is -3.51. The zero-order valence-corrected chi connectivity index (χ0v) is 15.5. The van der Waals surface area contributed by atoms with Crippen molar-refractivity contribution >= 4 is 22.4 Å². The number of thiazole rings is 1. The summed E-state index contributed by atoms with van der Waals surface area (Å²) in [7, 11) is 0. The molecule has 0 radical (unpaired) electrons. The van der Waals surface area contributed by atoms with Crippen LogP contribution in [0.1, 0.15) is 17.0 Å². The second-order valence-electron chi connectivity index (χ2n) is 6.38. The molecule has 0 saturated heterocycles. The van der Waals surface area contributed by atoms with E-state index in [1.807, 2.05) is 66.0 Å². The fraction of sp³-hybridized carbons (Fsp3) is 0.0455. The fourth-order valence-corrected chi connectivity index (χ4v) is 4.07. The number of carbonyl (C=O) groups excluding carboxylic acids is 1. The van der Waals surface area contributed by atoms with Crippen molar-refractivity contribution in [2.24, 2.45) is 0 Å². The summed E-state index contributed by atoms with van der Waals surface area (Å²) in [6.45, 7) is 0. The highest BCUT2D eigenvalue weighted by Crippen LogP contribution is 2.44. The number of anilines is 1. The van der Waals surface area contributed by atoms with Crippen LogP contribution in [0.4, 0.5) is 5.13 Å². The summed E-state index contributed by atoms with van der Waals surface area (Å²) in [6.07, 6.45) is 3.48. The quantitative estimate of drug-likeness (QED) is 0.534. The van der Waals surface area contributed by atoms with Gasteiger partial charge in [0.05, 0.1) is 11.6 Å². The summed E-state index contributed by atoms with van der Waals surface area (Å²) in [5, 5.41) is 5.45. The van der Waals surface area contributed by atoms with Gasteiger partial charge in [-0.15, -0.1) is 11.3 Å². The lowest BCUT2D eigenvalue weighted by molar-refractivity contribution is -0.116. The molecule has 0 bridgehead atoms. The van der Waals surface area contributed by atoms with Gasteiger partial charge >= 0.3 is 0 Å². The Bertz CT molecular complexity index is 1110. The summed E-state index contributed by atoms with van der Waals surface area (Å²) < 4.78 is 5.97. The average Bonchev–Trinajstić information content (AvgIpc) is 3.21. The third-order valence-corrected chi connectivity index (χ3v) is 5.39. The monoisotopic (exact) mass is 385 g/mol. The zero-order chi connectivity index (χ0) is 18.9. The van der Waals surface area contributed by atoms with E-state index in [-0.39, 0.29) is 5.91 Å². The van der Waals surface area contributed by atoms with Gasteiger partial charge in [0.1, 0.15) is 11.5 Å². The van der Waals surface area contributed by atoms with Crippen molar-refractivity contribution in [3.63, 3.8) is 0 Å². The Morgan fingerprint density at radius 1 is 0.964 bits per heavy atom. The van der Waals surface area contributed by atoms with Gasteiger partial charge in [0, 0.05) is 34.5 Å². The number of para-hydroxylation sites is 2. The van der Waals surface area contributed by atoms with Gasteiger partial charge in [-0.05, 0) is 24.3 Å². The maximum Gasteiger partial charge on any atom is 0.238 e. The molecule has 0 saturated carbocycles. The van der Waals surface area contributed by atoms with Crippen LogP contribution in [0.25, 0.3) is 11.3 Å². The number of amides is 1. The number of hydrogen-bond donors (Lipinski definition) is 1. The molecule has 28 heavy (non-hydrogen) atoms. The van der Waals surface area contributed by atoms with E-state index in [0.29, 0.717) is 16.6 Å². The van der Waals surface area contributed by atoms with Crippen molar-refractivity contribution < 1.29 is 9.53 Å². The van der Waals surface area contributed by atoms with Crippen LogP contribution in [0.5, 0.6) is 11.5 Å². The van der Waals surface area contributed by atoms with Crippen molar-refractivity contribution in [1.29, 1.82) is 0 Å². The Morgan fingerprint density at radius 3 is 2.36 bits per heavy atom. The first-order valence-electron chi connectivity index (χ1n) is 8.82. The maximum atomic E-state index is 13.2. The number of nitrogens with zero attached hydrogens (tertiary/aromatic N) is 2. The van der Waals surface area contributed by atoms with Crippen LogP contribution in [0.3, 0.4) is 0 Å². The standard InChI is InChI=1S/C22H15N3O2S/c26-21(25-22-24-17(13-28-22)14-6-5-11-23-12-14)20-15-7-1-3-9-18(15)27-19-10-4-2-8-16(19)20/h1-13,20H,(H,24,25,26). The predicted molar refractivity (Wildman–Crippen MR) is 109 cm³/mol. The second-order valence-corrected chi connectivity index (χ2v) is 7.24. The van der Waals surface area contributed by atoms with Crippen molar-refractivity contribution in [3.8, 4) is 22.8 Å². The highest BCUT2D eigenvalue weighted by atomic mass is 32.1. The Morgan fingerprint density at radius 2 is 1.68 bits per heavy atom. The normalized spacial score (nSPS) is 12.6. The van der Waals surface area contributed by atoms with E-state index in [2.05, 4.69) is 15.3 Å². The first kappa shape index (κ1) is 16.6. The number of aromatic nitrogens is 2. The third-order valence-electron chi connectivity index (χ3n) is 4.63. The molecular weight excluding hydrogens is 370 g/mol. The largest absolute Gasteiger partial charge is 0.457 e. The minimum atomic E-state index is -0.452. The number of fused-ring (bicyclic) bond motifs is 2. The van der Waals surface area contributed by atoms with Crippen LogP contribution in [0, 0.1) is 0 Å². The molecule has 2 aromatic carbocycles. The molecule has 1 N–H and O–H groups in total. The highest BCUT2D eigenvalue weighted by molar-refractivity contribution is 7.14. The Balaban J connectivity index is 1.47. The average molecular weight is 385 g/mol. The summed E-state index contributed by atoms with van der Waals surface area (Å²) in [5.74, 6) is 0.829. The van der Waals surface area contributed by atoms with Gasteiger partial charge in [0.25, 0.3) is 0 Å². The molecule has 1 amide bonds. The predicted octanol–water partition coefficient (Wildman–Crippen LogP) is 5.08. The SMILES string of the molecule is O=C(Nc1nc(-c2cccnc2)cs1)C1c2ccccc2Oc2ccccc21. The topological polar surface area (TPSA) is 64.1 Å². The molecule has 2 aromatic heterocycles. The van der Waals surface area contributed by atoms with Gasteiger partial charge in [-0.3, -0.25) is 9.78 Å². The molecule has 0 atom stereocenters. The molecule has 5 rings (SSSR count). The van der Waals surface area contributed by atoms with Crippen molar-refractivity contribution in [2.45, 2.75) is 5.92 Å². The molecule has 3 heterocycles. The van der Waals surface area contributed by atoms with Crippen LogP contribution >= 0.6 is 11.3 Å². The minimum absolute atomic E-state index is 0.129. The number of ether oxygens (including phenoxy) is 1. The van der Waals surface area contributed by atoms with Crippen molar-refractivity contribution in [2.75, 3.05) is 5.32 Å². The molecule has 4 aromatic rings. The minimum Gasteiger partial charge on any atom is -0.457 e. The first-order chi connectivity index (χ1) is 13.8. The highest BCUT2D eigenvalue weighted by Gasteiger charge is 2.32. The smallest absolute Gasteiger partial charge is 0.238 e. The fourth-order valence-electron chi connectivity index (χ4n) is 3.35. The number of nitrogens with one attached hydrogen (secondary N) is 1. The number of carbonyl (C=O) groups is 1. The Kier molecular flexibility index (Phi) is 4.10. The molecule has 0 aliphatic carbocycles. The van der Waals surface area contributed by atoms with E-state index in [4.69, 9.17) is 4.74 Å². The number of benzene rings is 2. The molecule has 6 heteroatoms. The lowest BCUT2D eigenvalue weighted by Gasteiger charge is -2.27. The van der Waals surface area contributed by atoms with Gasteiger partial charge < -0.3 is 10.1 Å². The molecule has 5 nitrogen and oxygen atoms in total. The van der Waals surface area contributed by atoms with Gasteiger partial charge in [-0.2, -0.15) is 0 Å². The van der Waals surface area contributed by atoms with Crippen LogP contribution in [-0.2, 0) is 4.79 Å². The molecule has 1 aliphatic rings. The zero-order valence-electron chi connectivity index (χ0n) is 14.7. The van der Waals surface area contributed by atoms with E-state index in [1.165, 1.54) is 11.3 Å². The first-order valence-corrected chi connectivity index (χ1v) is 9.70.